The van der Waals surface area contributed by atoms with E-state index >= 15 is 0 Å². The van der Waals surface area contributed by atoms with Gasteiger partial charge in [-0.25, -0.2) is 0 Å². The van der Waals surface area contributed by atoms with Crippen molar-refractivity contribution in [3.8, 4) is 0 Å². The Hall–Kier alpha value is -0.650. The van der Waals surface area contributed by atoms with Gasteiger partial charge in [0.05, 0.1) is 18.8 Å². The number of carbonyl (C=O) groups is 1. The maximum Gasteiger partial charge on any atom is 0.303 e. The summed E-state index contributed by atoms with van der Waals surface area (Å²) in [6, 6.07) is 0. The Labute approximate surface area is 107 Å². The number of carboxylic acids is 1. The van der Waals surface area contributed by atoms with Gasteiger partial charge in [0.2, 0.25) is 0 Å². The summed E-state index contributed by atoms with van der Waals surface area (Å²) < 4.78 is 17.2. The van der Waals surface area contributed by atoms with E-state index in [1.165, 1.54) is 6.42 Å². The molecule has 5 nitrogen and oxygen atoms in total. The minimum Gasteiger partial charge on any atom is -0.481 e. The summed E-state index contributed by atoms with van der Waals surface area (Å²) in [4.78, 5) is 10.5. The van der Waals surface area contributed by atoms with E-state index in [2.05, 4.69) is 0 Å². The third kappa shape index (κ3) is 3.93. The second-order valence-corrected chi connectivity index (χ2v) is 5.31. The monoisotopic (exact) mass is 258 g/mol. The largest absolute Gasteiger partial charge is 0.481 e. The van der Waals surface area contributed by atoms with Crippen LogP contribution in [0.1, 0.15) is 45.4 Å². The first kappa shape index (κ1) is 13.8. The summed E-state index contributed by atoms with van der Waals surface area (Å²) in [5.41, 5.74) is 0. The molecular weight excluding hydrogens is 236 g/mol. The van der Waals surface area contributed by atoms with Crippen LogP contribution in [-0.4, -0.2) is 42.3 Å². The normalized spacial score (nSPS) is 36.7. The van der Waals surface area contributed by atoms with Crippen LogP contribution in [-0.2, 0) is 19.0 Å². The zero-order valence-corrected chi connectivity index (χ0v) is 10.9. The highest BCUT2D eigenvalue weighted by Crippen LogP contribution is 2.32. The van der Waals surface area contributed by atoms with Crippen molar-refractivity contribution < 1.29 is 24.1 Å². The van der Waals surface area contributed by atoms with E-state index in [0.717, 1.165) is 25.9 Å². The van der Waals surface area contributed by atoms with E-state index < -0.39 is 11.8 Å². The number of aliphatic carboxylic acids is 1. The maximum absolute atomic E-state index is 10.5. The molecule has 0 aromatic carbocycles. The lowest BCUT2D eigenvalue weighted by Crippen LogP contribution is -2.34. The standard InChI is InChI=1S/C13H22O5/c1-13(8-10-4-2-3-7-16-10)17-9-11(18-13)5-6-12(14)15/h10-11H,2-9H2,1H3,(H,14,15). The van der Waals surface area contributed by atoms with Crippen LogP contribution in [0.15, 0.2) is 0 Å². The topological polar surface area (TPSA) is 65.0 Å². The van der Waals surface area contributed by atoms with Crippen molar-refractivity contribution in [2.45, 2.75) is 63.4 Å². The van der Waals surface area contributed by atoms with Crippen LogP contribution >= 0.6 is 0 Å². The molecule has 0 bridgehead atoms. The van der Waals surface area contributed by atoms with Gasteiger partial charge in [-0.05, 0) is 32.6 Å². The summed E-state index contributed by atoms with van der Waals surface area (Å²) in [6.45, 7) is 3.23. The maximum atomic E-state index is 10.5. The Morgan fingerprint density at radius 1 is 1.39 bits per heavy atom. The second kappa shape index (κ2) is 5.99. The van der Waals surface area contributed by atoms with E-state index in [9.17, 15) is 4.79 Å². The summed E-state index contributed by atoms with van der Waals surface area (Å²) in [5, 5.41) is 8.65. The van der Waals surface area contributed by atoms with Gasteiger partial charge in [-0.15, -0.1) is 0 Å². The Kier molecular flexibility index (Phi) is 4.59. The van der Waals surface area contributed by atoms with E-state index in [1.54, 1.807) is 0 Å². The van der Waals surface area contributed by atoms with Crippen LogP contribution in [0.5, 0.6) is 0 Å². The molecule has 2 aliphatic rings. The highest BCUT2D eigenvalue weighted by Gasteiger charge is 2.39. The molecule has 104 valence electrons. The molecule has 2 saturated heterocycles. The molecule has 0 aromatic heterocycles. The van der Waals surface area contributed by atoms with Gasteiger partial charge in [-0.2, -0.15) is 0 Å². The summed E-state index contributed by atoms with van der Waals surface area (Å²) in [6.07, 6.45) is 4.87. The number of carboxylic acid groups (broad SMARTS) is 1. The van der Waals surface area contributed by atoms with Gasteiger partial charge in [0, 0.05) is 19.4 Å². The molecule has 0 spiro atoms. The molecule has 2 rings (SSSR count). The van der Waals surface area contributed by atoms with Crippen LogP contribution in [0, 0.1) is 0 Å². The Morgan fingerprint density at radius 2 is 2.22 bits per heavy atom. The molecule has 0 aromatic rings. The third-order valence-corrected chi connectivity index (χ3v) is 3.54. The molecule has 0 aliphatic carbocycles. The zero-order valence-electron chi connectivity index (χ0n) is 10.9. The fraction of sp³-hybridized carbons (Fsp3) is 0.923. The molecule has 5 heteroatoms. The van der Waals surface area contributed by atoms with E-state index in [-0.39, 0.29) is 18.6 Å². The Balaban J connectivity index is 1.76. The predicted molar refractivity (Wildman–Crippen MR) is 64.3 cm³/mol. The first-order valence-corrected chi connectivity index (χ1v) is 6.72. The third-order valence-electron chi connectivity index (χ3n) is 3.54. The highest BCUT2D eigenvalue weighted by atomic mass is 16.7. The van der Waals surface area contributed by atoms with Gasteiger partial charge >= 0.3 is 5.97 Å². The summed E-state index contributed by atoms with van der Waals surface area (Å²) in [7, 11) is 0. The lowest BCUT2D eigenvalue weighted by molar-refractivity contribution is -0.182. The minimum atomic E-state index is -0.789. The van der Waals surface area contributed by atoms with E-state index in [0.29, 0.717) is 13.0 Å². The van der Waals surface area contributed by atoms with Gasteiger partial charge in [0.15, 0.2) is 5.79 Å². The van der Waals surface area contributed by atoms with Crippen molar-refractivity contribution in [1.29, 1.82) is 0 Å². The zero-order chi connectivity index (χ0) is 13.0. The van der Waals surface area contributed by atoms with Gasteiger partial charge < -0.3 is 19.3 Å². The number of hydrogen-bond acceptors (Lipinski definition) is 4. The molecule has 2 aliphatic heterocycles. The quantitative estimate of drug-likeness (QED) is 0.816. The van der Waals surface area contributed by atoms with Crippen LogP contribution in [0.25, 0.3) is 0 Å². The molecule has 1 N–H and O–H groups in total. The van der Waals surface area contributed by atoms with E-state index in [1.807, 2.05) is 6.92 Å². The molecule has 0 radical (unpaired) electrons. The summed E-state index contributed by atoms with van der Waals surface area (Å²) in [5.74, 6) is -1.40. The SMILES string of the molecule is CC1(CC2CCCCO2)OCC(CCC(=O)O)O1. The van der Waals surface area contributed by atoms with E-state index in [4.69, 9.17) is 19.3 Å². The van der Waals surface area contributed by atoms with Crippen molar-refractivity contribution >= 4 is 5.97 Å². The summed E-state index contributed by atoms with van der Waals surface area (Å²) >= 11 is 0. The lowest BCUT2D eigenvalue weighted by Gasteiger charge is -2.30. The smallest absolute Gasteiger partial charge is 0.303 e. The van der Waals surface area contributed by atoms with Gasteiger partial charge in [0.25, 0.3) is 0 Å². The van der Waals surface area contributed by atoms with Crippen LogP contribution < -0.4 is 0 Å². The number of ether oxygens (including phenoxy) is 3. The van der Waals surface area contributed by atoms with Crippen molar-refractivity contribution in [2.75, 3.05) is 13.2 Å². The van der Waals surface area contributed by atoms with Crippen LogP contribution in [0.3, 0.4) is 0 Å². The Bertz CT molecular complexity index is 287. The molecule has 3 atom stereocenters. The minimum absolute atomic E-state index is 0.102. The molecule has 18 heavy (non-hydrogen) atoms. The van der Waals surface area contributed by atoms with Crippen molar-refractivity contribution in [2.24, 2.45) is 0 Å². The fourth-order valence-corrected chi connectivity index (χ4v) is 2.61. The predicted octanol–water partition coefficient (Wildman–Crippen LogP) is 1.94. The number of rotatable bonds is 5. The molecule has 2 heterocycles. The Morgan fingerprint density at radius 3 is 2.89 bits per heavy atom. The average Bonchev–Trinajstić information content (AvgIpc) is 2.69. The second-order valence-electron chi connectivity index (χ2n) is 5.31. The van der Waals surface area contributed by atoms with Gasteiger partial charge in [0.1, 0.15) is 0 Å². The van der Waals surface area contributed by atoms with Crippen molar-refractivity contribution in [3.63, 3.8) is 0 Å². The lowest BCUT2D eigenvalue weighted by atomic mass is 10.0. The molecular formula is C13H22O5. The van der Waals surface area contributed by atoms with Gasteiger partial charge in [-0.1, -0.05) is 0 Å². The first-order chi connectivity index (χ1) is 8.57. The number of hydrogen-bond donors (Lipinski definition) is 1. The molecule has 0 saturated carbocycles. The van der Waals surface area contributed by atoms with Gasteiger partial charge in [-0.3, -0.25) is 4.79 Å². The average molecular weight is 258 g/mol. The van der Waals surface area contributed by atoms with Crippen molar-refractivity contribution in [1.82, 2.24) is 0 Å². The van der Waals surface area contributed by atoms with Crippen LogP contribution in [0.4, 0.5) is 0 Å². The highest BCUT2D eigenvalue weighted by molar-refractivity contribution is 5.66. The molecule has 3 unspecified atom stereocenters. The van der Waals surface area contributed by atoms with Crippen molar-refractivity contribution in [3.05, 3.63) is 0 Å². The van der Waals surface area contributed by atoms with Crippen LogP contribution in [0.2, 0.25) is 0 Å². The first-order valence-electron chi connectivity index (χ1n) is 6.72. The molecule has 0 amide bonds. The molecule has 2 fully saturated rings. The fourth-order valence-electron chi connectivity index (χ4n) is 2.61.